The van der Waals surface area contributed by atoms with Gasteiger partial charge in [0.15, 0.2) is 0 Å². The lowest BCUT2D eigenvalue weighted by atomic mass is 10.1. The number of aromatic nitrogens is 2. The maximum atomic E-state index is 12.6. The number of nitrogens with zero attached hydrogens (tertiary/aromatic N) is 2. The molecule has 1 N–H and O–H groups in total. The van der Waals surface area contributed by atoms with E-state index in [4.69, 9.17) is 4.42 Å². The van der Waals surface area contributed by atoms with Crippen molar-refractivity contribution in [3.63, 3.8) is 0 Å². The predicted octanol–water partition coefficient (Wildman–Crippen LogP) is 3.37. The predicted molar refractivity (Wildman–Crippen MR) is 101 cm³/mol. The van der Waals surface area contributed by atoms with Crippen LogP contribution in [0, 0.1) is 0 Å². The second kappa shape index (κ2) is 5.91. The highest BCUT2D eigenvalue weighted by molar-refractivity contribution is 5.97. The average molecular weight is 349 g/mol. The summed E-state index contributed by atoms with van der Waals surface area (Å²) in [5.74, 6) is 0.0268. The minimum absolute atomic E-state index is 0.0980. The fourth-order valence-electron chi connectivity index (χ4n) is 3.18. The highest BCUT2D eigenvalue weighted by Crippen LogP contribution is 2.26. The van der Waals surface area contributed by atoms with Crippen LogP contribution in [0.4, 0.5) is 5.69 Å². The third kappa shape index (κ3) is 2.50. The minimum Gasteiger partial charge on any atom is -0.460 e. The Morgan fingerprint density at radius 2 is 1.77 bits per heavy atom. The van der Waals surface area contributed by atoms with Crippen molar-refractivity contribution in [3.05, 3.63) is 64.8 Å². The van der Waals surface area contributed by atoms with Crippen LogP contribution in [-0.4, -0.2) is 15.0 Å². The van der Waals surface area contributed by atoms with E-state index in [2.05, 4.69) is 5.32 Å². The number of benzene rings is 2. The molecule has 1 amide bonds. The van der Waals surface area contributed by atoms with Crippen LogP contribution in [0.3, 0.4) is 0 Å². The first-order valence-electron chi connectivity index (χ1n) is 8.40. The zero-order chi connectivity index (χ0) is 18.4. The fraction of sp³-hybridized carbons (Fsp3) is 0.200. The molecule has 0 saturated carbocycles. The van der Waals surface area contributed by atoms with Crippen LogP contribution in [0.25, 0.3) is 22.0 Å². The molecule has 2 heterocycles. The summed E-state index contributed by atoms with van der Waals surface area (Å²) in [7, 11) is 3.44. The molecule has 132 valence electrons. The smallest absolute Gasteiger partial charge is 0.328 e. The number of hydrogen-bond donors (Lipinski definition) is 1. The molecule has 0 aliphatic rings. The Morgan fingerprint density at radius 1 is 1.04 bits per heavy atom. The number of imidazole rings is 1. The van der Waals surface area contributed by atoms with Crippen molar-refractivity contribution < 1.29 is 9.21 Å². The summed E-state index contributed by atoms with van der Waals surface area (Å²) < 4.78 is 8.93. The molecule has 0 aliphatic carbocycles. The molecular weight excluding hydrogens is 330 g/mol. The summed E-state index contributed by atoms with van der Waals surface area (Å²) >= 11 is 0. The van der Waals surface area contributed by atoms with Crippen LogP contribution in [0.1, 0.15) is 18.6 Å². The zero-order valence-electron chi connectivity index (χ0n) is 14.8. The van der Waals surface area contributed by atoms with Crippen molar-refractivity contribution >= 4 is 33.6 Å². The van der Waals surface area contributed by atoms with Gasteiger partial charge in [-0.15, -0.1) is 0 Å². The molecule has 0 saturated heterocycles. The highest BCUT2D eigenvalue weighted by Gasteiger charge is 2.20. The van der Waals surface area contributed by atoms with Crippen LogP contribution in [0.5, 0.6) is 0 Å². The summed E-state index contributed by atoms with van der Waals surface area (Å²) in [6, 6.07) is 15.0. The van der Waals surface area contributed by atoms with E-state index in [9.17, 15) is 9.59 Å². The molecule has 0 fully saturated rings. The van der Waals surface area contributed by atoms with Gasteiger partial charge in [-0.05, 0) is 37.3 Å². The number of para-hydroxylation sites is 1. The zero-order valence-corrected chi connectivity index (χ0v) is 14.8. The van der Waals surface area contributed by atoms with E-state index in [-0.39, 0.29) is 11.6 Å². The third-order valence-corrected chi connectivity index (χ3v) is 4.80. The van der Waals surface area contributed by atoms with E-state index in [1.54, 1.807) is 35.4 Å². The first-order chi connectivity index (χ1) is 12.5. The number of hydrogen-bond acceptors (Lipinski definition) is 3. The Labute approximate surface area is 149 Å². The van der Waals surface area contributed by atoms with Gasteiger partial charge in [-0.2, -0.15) is 0 Å². The average Bonchev–Trinajstić information content (AvgIpc) is 3.17. The summed E-state index contributed by atoms with van der Waals surface area (Å²) in [6.07, 6.45) is 0. The van der Waals surface area contributed by atoms with Gasteiger partial charge in [0.1, 0.15) is 11.3 Å². The topological polar surface area (TPSA) is 69.2 Å². The van der Waals surface area contributed by atoms with Gasteiger partial charge in [-0.3, -0.25) is 13.9 Å². The van der Waals surface area contributed by atoms with Crippen LogP contribution in [-0.2, 0) is 18.9 Å². The van der Waals surface area contributed by atoms with Gasteiger partial charge in [0.25, 0.3) is 0 Å². The summed E-state index contributed by atoms with van der Waals surface area (Å²) in [6.45, 7) is 1.81. The monoisotopic (exact) mass is 349 g/mol. The number of carbonyl (C=O) groups excluding carboxylic acids is 1. The third-order valence-electron chi connectivity index (χ3n) is 4.80. The van der Waals surface area contributed by atoms with Crippen molar-refractivity contribution in [2.75, 3.05) is 5.32 Å². The summed E-state index contributed by atoms with van der Waals surface area (Å²) in [5.41, 5.74) is 2.90. The Kier molecular flexibility index (Phi) is 3.68. The lowest BCUT2D eigenvalue weighted by molar-refractivity contribution is -0.117. The lowest BCUT2D eigenvalue weighted by Gasteiger charge is -2.10. The molecule has 0 bridgehead atoms. The largest absolute Gasteiger partial charge is 0.460 e. The second-order valence-corrected chi connectivity index (χ2v) is 6.50. The van der Waals surface area contributed by atoms with E-state index in [0.717, 1.165) is 22.0 Å². The molecule has 4 rings (SSSR count). The molecule has 2 aromatic heterocycles. The number of aryl methyl sites for hydroxylation is 2. The molecule has 0 radical (unpaired) electrons. The Balaban J connectivity index is 1.62. The number of nitrogens with one attached hydrogen (secondary N) is 1. The number of rotatable bonds is 3. The van der Waals surface area contributed by atoms with Crippen molar-refractivity contribution in [2.45, 2.75) is 12.8 Å². The van der Waals surface area contributed by atoms with Crippen molar-refractivity contribution in [2.24, 2.45) is 14.1 Å². The molecule has 6 nitrogen and oxygen atoms in total. The highest BCUT2D eigenvalue weighted by atomic mass is 16.3. The number of fused-ring (bicyclic) bond motifs is 2. The first kappa shape index (κ1) is 16.2. The van der Waals surface area contributed by atoms with Gasteiger partial charge in [-0.1, -0.05) is 18.2 Å². The number of amides is 1. The molecule has 1 unspecified atom stereocenters. The van der Waals surface area contributed by atoms with Crippen LogP contribution >= 0.6 is 0 Å². The van der Waals surface area contributed by atoms with Gasteiger partial charge in [0.05, 0.1) is 17.0 Å². The molecule has 2 aromatic carbocycles. The van der Waals surface area contributed by atoms with Crippen LogP contribution in [0.2, 0.25) is 0 Å². The number of anilines is 1. The van der Waals surface area contributed by atoms with E-state index >= 15 is 0 Å². The van der Waals surface area contributed by atoms with Crippen molar-refractivity contribution in [1.82, 2.24) is 9.13 Å². The van der Waals surface area contributed by atoms with Gasteiger partial charge in [0, 0.05) is 25.2 Å². The number of carbonyl (C=O) groups is 1. The second-order valence-electron chi connectivity index (χ2n) is 6.50. The quantitative estimate of drug-likeness (QED) is 0.616. The maximum Gasteiger partial charge on any atom is 0.328 e. The summed E-state index contributed by atoms with van der Waals surface area (Å²) in [4.78, 5) is 24.7. The molecular formula is C20H19N3O3. The standard InChI is InChI=1S/C20H19N3O3/c1-12(18-10-13-6-4-5-7-17(13)26-18)19(24)21-14-8-9-15-16(11-14)23(3)20(25)22(15)2/h4-12H,1-3H3,(H,21,24). The minimum atomic E-state index is -0.433. The molecule has 26 heavy (non-hydrogen) atoms. The molecule has 0 aliphatic heterocycles. The SMILES string of the molecule is CC(C(=O)Nc1ccc2c(c1)n(C)c(=O)n2C)c1cc2ccccc2o1. The Hall–Kier alpha value is -3.28. The van der Waals surface area contributed by atoms with E-state index < -0.39 is 5.92 Å². The Bertz CT molecular complexity index is 1160. The van der Waals surface area contributed by atoms with E-state index in [0.29, 0.717) is 11.4 Å². The molecule has 4 aromatic rings. The van der Waals surface area contributed by atoms with Crippen LogP contribution in [0.15, 0.2) is 57.7 Å². The van der Waals surface area contributed by atoms with Gasteiger partial charge < -0.3 is 9.73 Å². The number of furan rings is 1. The van der Waals surface area contributed by atoms with Crippen molar-refractivity contribution in [1.29, 1.82) is 0 Å². The normalized spacial score (nSPS) is 12.6. The van der Waals surface area contributed by atoms with E-state index in [1.807, 2.05) is 43.3 Å². The van der Waals surface area contributed by atoms with Gasteiger partial charge in [-0.25, -0.2) is 4.79 Å². The van der Waals surface area contributed by atoms with Crippen molar-refractivity contribution in [3.8, 4) is 0 Å². The lowest BCUT2D eigenvalue weighted by Crippen LogP contribution is -2.19. The molecule has 1 atom stereocenters. The summed E-state index contributed by atoms with van der Waals surface area (Å²) in [5, 5.41) is 3.88. The molecule has 6 heteroatoms. The van der Waals surface area contributed by atoms with Gasteiger partial charge in [0.2, 0.25) is 5.91 Å². The van der Waals surface area contributed by atoms with Gasteiger partial charge >= 0.3 is 5.69 Å². The first-order valence-corrected chi connectivity index (χ1v) is 8.40. The van der Waals surface area contributed by atoms with Crippen LogP contribution < -0.4 is 11.0 Å². The fourth-order valence-corrected chi connectivity index (χ4v) is 3.18. The Morgan fingerprint density at radius 3 is 2.54 bits per heavy atom. The maximum absolute atomic E-state index is 12.6. The molecule has 0 spiro atoms. The van der Waals surface area contributed by atoms with E-state index in [1.165, 1.54) is 0 Å².